The highest BCUT2D eigenvalue weighted by atomic mass is 19.1. The fourth-order valence-corrected chi connectivity index (χ4v) is 4.44. The second-order valence-corrected chi connectivity index (χ2v) is 8.65. The molecule has 0 unspecified atom stereocenters. The Kier molecular flexibility index (Phi) is 4.68. The minimum atomic E-state index is -0.850. The van der Waals surface area contributed by atoms with E-state index in [0.717, 1.165) is 0 Å². The molecule has 0 bridgehead atoms. The number of nitrogen functional groups attached to an aromatic ring is 1. The molecular formula is C24H21F2N5O2. The van der Waals surface area contributed by atoms with Crippen molar-refractivity contribution in [3.63, 3.8) is 0 Å². The number of amides is 1. The first-order valence-electron chi connectivity index (χ1n) is 10.4. The van der Waals surface area contributed by atoms with Gasteiger partial charge in [-0.25, -0.2) is 18.4 Å². The molecule has 0 saturated heterocycles. The molecule has 9 heteroatoms. The highest BCUT2D eigenvalue weighted by Crippen LogP contribution is 2.43. The third-order valence-electron chi connectivity index (χ3n) is 6.10. The van der Waals surface area contributed by atoms with E-state index in [2.05, 4.69) is 10.1 Å². The van der Waals surface area contributed by atoms with Crippen LogP contribution < -0.4 is 11.5 Å². The highest BCUT2D eigenvalue weighted by molar-refractivity contribution is 6.04. The molecule has 7 nitrogen and oxygen atoms in total. The van der Waals surface area contributed by atoms with Gasteiger partial charge in [-0.3, -0.25) is 4.79 Å². The molecule has 0 atom stereocenters. The quantitative estimate of drug-likeness (QED) is 0.438. The lowest BCUT2D eigenvalue weighted by Crippen LogP contribution is -2.42. The van der Waals surface area contributed by atoms with E-state index in [-0.39, 0.29) is 45.5 Å². The normalized spacial score (nSPS) is 20.1. The van der Waals surface area contributed by atoms with Crippen LogP contribution in [0.4, 0.5) is 14.6 Å². The van der Waals surface area contributed by atoms with E-state index in [4.69, 9.17) is 11.5 Å². The molecule has 33 heavy (non-hydrogen) atoms. The van der Waals surface area contributed by atoms with Gasteiger partial charge in [0.25, 0.3) is 5.91 Å². The van der Waals surface area contributed by atoms with E-state index in [1.807, 2.05) is 0 Å². The number of primary amides is 1. The van der Waals surface area contributed by atoms with Crippen LogP contribution in [0.15, 0.2) is 48.5 Å². The van der Waals surface area contributed by atoms with Gasteiger partial charge in [-0.05, 0) is 44.0 Å². The second kappa shape index (κ2) is 7.35. The number of fused-ring (bicyclic) bond motifs is 1. The van der Waals surface area contributed by atoms with E-state index < -0.39 is 23.1 Å². The van der Waals surface area contributed by atoms with Crippen molar-refractivity contribution in [2.45, 2.75) is 31.4 Å². The first-order chi connectivity index (χ1) is 15.7. The minimum absolute atomic E-state index is 0.00312. The van der Waals surface area contributed by atoms with Gasteiger partial charge in [-0.2, -0.15) is 5.10 Å². The van der Waals surface area contributed by atoms with Gasteiger partial charge in [-0.1, -0.05) is 24.3 Å². The van der Waals surface area contributed by atoms with Crippen LogP contribution in [0.1, 0.15) is 36.2 Å². The molecule has 1 aliphatic carbocycles. The standard InChI is InChI=1S/C24H21F2N5O2/c1-24(33)10-13(11-24)31-22(27)18(23(28)32)21(30-31)15-8-6-12-7-9-17(29-20(12)19(15)26)14-4-2-3-5-16(14)25/h2-9,13,33H,10-11,27H2,1H3,(H2,28,32)/t13-,24+. The number of aromatic nitrogens is 3. The van der Waals surface area contributed by atoms with Crippen LogP contribution in [0.3, 0.4) is 0 Å². The summed E-state index contributed by atoms with van der Waals surface area (Å²) in [5.41, 5.74) is 11.3. The fraction of sp³-hybridized carbons (Fsp3) is 0.208. The topological polar surface area (TPSA) is 120 Å². The summed E-state index contributed by atoms with van der Waals surface area (Å²) in [5.74, 6) is -2.02. The average Bonchev–Trinajstić information content (AvgIpc) is 3.09. The lowest BCUT2D eigenvalue weighted by Gasteiger charge is -2.41. The Labute approximate surface area is 187 Å². The molecule has 0 aliphatic heterocycles. The number of halogens is 2. The van der Waals surface area contributed by atoms with Crippen LogP contribution in [0, 0.1) is 11.6 Å². The van der Waals surface area contributed by atoms with Crippen molar-refractivity contribution < 1.29 is 18.7 Å². The third-order valence-corrected chi connectivity index (χ3v) is 6.10. The van der Waals surface area contributed by atoms with E-state index in [9.17, 15) is 14.3 Å². The Hall–Kier alpha value is -3.85. The van der Waals surface area contributed by atoms with Crippen LogP contribution >= 0.6 is 0 Å². The Bertz CT molecular complexity index is 1420. The number of rotatable bonds is 4. The van der Waals surface area contributed by atoms with Crippen LogP contribution in [-0.2, 0) is 0 Å². The summed E-state index contributed by atoms with van der Waals surface area (Å²) in [6.45, 7) is 1.70. The second-order valence-electron chi connectivity index (χ2n) is 8.65. The number of anilines is 1. The minimum Gasteiger partial charge on any atom is -0.390 e. The maximum atomic E-state index is 15.7. The number of hydrogen-bond acceptors (Lipinski definition) is 5. The number of carbonyl (C=O) groups is 1. The molecule has 2 heterocycles. The number of carbonyl (C=O) groups excluding carboxylic acids is 1. The van der Waals surface area contributed by atoms with Crippen LogP contribution in [0.5, 0.6) is 0 Å². The van der Waals surface area contributed by atoms with Crippen molar-refractivity contribution >= 4 is 22.6 Å². The maximum absolute atomic E-state index is 15.7. The lowest BCUT2D eigenvalue weighted by molar-refractivity contribution is -0.0535. The Morgan fingerprint density at radius 1 is 1.12 bits per heavy atom. The molecular weight excluding hydrogens is 428 g/mol. The van der Waals surface area contributed by atoms with E-state index in [1.165, 1.54) is 16.8 Å². The van der Waals surface area contributed by atoms with E-state index >= 15 is 4.39 Å². The molecule has 1 amide bonds. The molecule has 5 N–H and O–H groups in total. The summed E-state index contributed by atoms with van der Waals surface area (Å²) >= 11 is 0. The first kappa shape index (κ1) is 21.0. The van der Waals surface area contributed by atoms with Gasteiger partial charge in [0.05, 0.1) is 17.3 Å². The monoisotopic (exact) mass is 449 g/mol. The predicted molar refractivity (Wildman–Crippen MR) is 120 cm³/mol. The van der Waals surface area contributed by atoms with Gasteiger partial charge < -0.3 is 16.6 Å². The van der Waals surface area contributed by atoms with Crippen molar-refractivity contribution in [1.82, 2.24) is 14.8 Å². The third kappa shape index (κ3) is 3.41. The zero-order valence-corrected chi connectivity index (χ0v) is 17.7. The number of benzene rings is 2. The summed E-state index contributed by atoms with van der Waals surface area (Å²) in [6, 6.07) is 12.3. The van der Waals surface area contributed by atoms with Crippen LogP contribution in [0.2, 0.25) is 0 Å². The number of hydrogen-bond donors (Lipinski definition) is 3. The lowest BCUT2D eigenvalue weighted by atomic mass is 9.77. The van der Waals surface area contributed by atoms with Crippen molar-refractivity contribution in [1.29, 1.82) is 0 Å². The smallest absolute Gasteiger partial charge is 0.254 e. The molecule has 5 rings (SSSR count). The number of nitrogens with zero attached hydrogens (tertiary/aromatic N) is 3. The summed E-state index contributed by atoms with van der Waals surface area (Å²) in [4.78, 5) is 16.5. The molecule has 2 aromatic carbocycles. The Morgan fingerprint density at radius 3 is 2.48 bits per heavy atom. The van der Waals surface area contributed by atoms with Gasteiger partial charge in [0.2, 0.25) is 0 Å². The van der Waals surface area contributed by atoms with Crippen molar-refractivity contribution in [3.05, 3.63) is 65.7 Å². The average molecular weight is 449 g/mol. The van der Waals surface area contributed by atoms with E-state index in [0.29, 0.717) is 18.2 Å². The van der Waals surface area contributed by atoms with Crippen molar-refractivity contribution in [2.75, 3.05) is 5.73 Å². The molecule has 0 radical (unpaired) electrons. The largest absolute Gasteiger partial charge is 0.390 e. The summed E-state index contributed by atoms with van der Waals surface area (Å²) in [6.07, 6.45) is 0.786. The molecule has 1 fully saturated rings. The van der Waals surface area contributed by atoms with Gasteiger partial charge in [0.1, 0.15) is 28.4 Å². The zero-order chi connectivity index (χ0) is 23.5. The van der Waals surface area contributed by atoms with Crippen molar-refractivity contribution in [2.24, 2.45) is 5.73 Å². The number of aliphatic hydroxyl groups is 1. The maximum Gasteiger partial charge on any atom is 0.254 e. The fourth-order valence-electron chi connectivity index (χ4n) is 4.44. The predicted octanol–water partition coefficient (Wildman–Crippen LogP) is 3.81. The molecule has 0 spiro atoms. The highest BCUT2D eigenvalue weighted by Gasteiger charge is 2.42. The molecule has 1 saturated carbocycles. The molecule has 1 aliphatic rings. The van der Waals surface area contributed by atoms with Crippen LogP contribution in [-0.4, -0.2) is 31.4 Å². The number of nitrogens with two attached hydrogens (primary N) is 2. The van der Waals surface area contributed by atoms with Gasteiger partial charge in [-0.15, -0.1) is 0 Å². The molecule has 168 valence electrons. The van der Waals surface area contributed by atoms with Crippen molar-refractivity contribution in [3.8, 4) is 22.5 Å². The van der Waals surface area contributed by atoms with Gasteiger partial charge >= 0.3 is 0 Å². The molecule has 2 aromatic heterocycles. The van der Waals surface area contributed by atoms with Gasteiger partial charge in [0, 0.05) is 16.5 Å². The van der Waals surface area contributed by atoms with E-state index in [1.54, 1.807) is 43.3 Å². The van der Waals surface area contributed by atoms with Gasteiger partial charge in [0.15, 0.2) is 5.82 Å². The Balaban J connectivity index is 1.67. The number of pyridine rings is 1. The summed E-state index contributed by atoms with van der Waals surface area (Å²) < 4.78 is 31.4. The first-order valence-corrected chi connectivity index (χ1v) is 10.4. The summed E-state index contributed by atoms with van der Waals surface area (Å²) in [7, 11) is 0. The van der Waals surface area contributed by atoms with Crippen LogP contribution in [0.25, 0.3) is 33.4 Å². The zero-order valence-electron chi connectivity index (χ0n) is 17.7. The Morgan fingerprint density at radius 2 is 1.82 bits per heavy atom. The summed E-state index contributed by atoms with van der Waals surface area (Å²) in [5, 5.41) is 15.0. The molecule has 4 aromatic rings. The SMILES string of the molecule is C[C@]1(O)C[C@@H](n2nc(-c3ccc4ccc(-c5ccccc5F)nc4c3F)c(C(N)=O)c2N)C1.